The van der Waals surface area contributed by atoms with Crippen molar-refractivity contribution in [2.45, 2.75) is 86.0 Å². The summed E-state index contributed by atoms with van der Waals surface area (Å²) in [5, 5.41) is 0. The molecule has 0 bridgehead atoms. The zero-order valence-corrected chi connectivity index (χ0v) is 32.9. The van der Waals surface area contributed by atoms with E-state index in [1.54, 1.807) is 12.1 Å². The molecular weight excluding hydrogens is 734 g/mol. The summed E-state index contributed by atoms with van der Waals surface area (Å²) >= 11 is 0. The van der Waals surface area contributed by atoms with Crippen LogP contribution < -0.4 is 9.47 Å². The van der Waals surface area contributed by atoms with Gasteiger partial charge in [-0.2, -0.15) is 0 Å². The van der Waals surface area contributed by atoms with Crippen LogP contribution in [-0.2, 0) is 54.1 Å². The van der Waals surface area contributed by atoms with Crippen LogP contribution in [0.15, 0.2) is 54.6 Å². The van der Waals surface area contributed by atoms with Gasteiger partial charge in [0.2, 0.25) is 0 Å². The molecule has 0 N–H and O–H groups in total. The Bertz CT molecular complexity index is 1690. The molecule has 2 rings (SSSR count). The Morgan fingerprint density at radius 2 is 1.18 bits per heavy atom. The van der Waals surface area contributed by atoms with Crippen molar-refractivity contribution in [3.05, 3.63) is 71.8 Å². The molecule has 2 aromatic carbocycles. The first-order chi connectivity index (χ1) is 26.5. The minimum absolute atomic E-state index is 0.00189. The van der Waals surface area contributed by atoms with Crippen molar-refractivity contribution in [3.63, 3.8) is 0 Å². The molecule has 0 atom stereocenters. The first kappa shape index (κ1) is 46.8. The number of halogens is 2. The van der Waals surface area contributed by atoms with Crippen LogP contribution in [0.5, 0.6) is 11.5 Å². The summed E-state index contributed by atoms with van der Waals surface area (Å²) < 4.78 is 63.4. The largest absolute Gasteiger partial charge is 0.492 e. The Hall–Kier alpha value is -5.40. The second-order valence-electron chi connectivity index (χ2n) is 13.7. The molecule has 0 fully saturated rings. The summed E-state index contributed by atoms with van der Waals surface area (Å²) in [6.07, 6.45) is 2.93. The third-order valence-corrected chi connectivity index (χ3v) is 8.07. The Balaban J connectivity index is 2.54. The highest BCUT2D eigenvalue weighted by Gasteiger charge is 2.38. The summed E-state index contributed by atoms with van der Waals surface area (Å²) in [6.45, 7) is 12.6. The van der Waals surface area contributed by atoms with Crippen LogP contribution in [0.4, 0.5) is 8.78 Å². The second-order valence-corrected chi connectivity index (χ2v) is 13.7. The predicted octanol–water partition coefficient (Wildman–Crippen LogP) is 7.17. The summed E-state index contributed by atoms with van der Waals surface area (Å²) in [7, 11) is 0. The van der Waals surface area contributed by atoms with Crippen molar-refractivity contribution < 1.29 is 66.0 Å². The van der Waals surface area contributed by atoms with E-state index in [2.05, 4.69) is 20.1 Å². The summed E-state index contributed by atoms with van der Waals surface area (Å²) in [5.41, 5.74) is -0.194. The van der Waals surface area contributed by atoms with Crippen LogP contribution in [0, 0.1) is 17.0 Å². The average molecular weight is 787 g/mol. The van der Waals surface area contributed by atoms with E-state index in [9.17, 15) is 28.8 Å². The van der Waals surface area contributed by atoms with Gasteiger partial charge in [0, 0.05) is 11.1 Å². The lowest BCUT2D eigenvalue weighted by Crippen LogP contribution is -2.44. The Kier molecular flexibility index (Phi) is 19.6. The van der Waals surface area contributed by atoms with Gasteiger partial charge >= 0.3 is 23.9 Å². The average Bonchev–Trinajstić information content (AvgIpc) is 3.12. The molecule has 0 saturated carbocycles. The highest BCUT2D eigenvalue weighted by molar-refractivity contribution is 5.94. The Labute approximate surface area is 326 Å². The third kappa shape index (κ3) is 16.5. The fourth-order valence-corrected chi connectivity index (χ4v) is 5.01. The number of carbonyl (C=O) groups is 6. The van der Waals surface area contributed by atoms with Gasteiger partial charge < -0.3 is 28.4 Å². The van der Waals surface area contributed by atoms with Crippen LogP contribution in [0.2, 0.25) is 0 Å². The molecule has 0 aliphatic rings. The van der Waals surface area contributed by atoms with Gasteiger partial charge in [-0.05, 0) is 87.9 Å². The number of benzene rings is 2. The molecule has 0 aliphatic carbocycles. The summed E-state index contributed by atoms with van der Waals surface area (Å²) in [5.74, 6) is -6.12. The number of rotatable bonds is 26. The van der Waals surface area contributed by atoms with E-state index in [0.717, 1.165) is 31.4 Å². The van der Waals surface area contributed by atoms with Gasteiger partial charge in [-0.25, -0.2) is 18.4 Å². The Morgan fingerprint density at radius 1 is 0.625 bits per heavy atom. The van der Waals surface area contributed by atoms with Gasteiger partial charge in [0.25, 0.3) is 0 Å². The molecule has 0 amide bonds. The van der Waals surface area contributed by atoms with E-state index in [-0.39, 0.29) is 42.1 Å². The van der Waals surface area contributed by atoms with Crippen molar-refractivity contribution in [2.75, 3.05) is 39.6 Å². The monoisotopic (exact) mass is 786 g/mol. The van der Waals surface area contributed by atoms with E-state index in [1.807, 2.05) is 0 Å². The number of Topliss-reactive ketones (excluding diaryl/α,β-unsaturated/α-hetero) is 2. The molecular formula is C42H52F2O12. The maximum atomic E-state index is 15.2. The van der Waals surface area contributed by atoms with Crippen LogP contribution in [0.3, 0.4) is 0 Å². The van der Waals surface area contributed by atoms with Gasteiger partial charge in [0.1, 0.15) is 62.0 Å². The molecule has 0 aromatic heterocycles. The smallest absolute Gasteiger partial charge is 0.333 e. The lowest BCUT2D eigenvalue weighted by molar-refractivity contribution is -0.163. The highest BCUT2D eigenvalue weighted by atomic mass is 19.1. The molecule has 0 radical (unpaired) electrons. The van der Waals surface area contributed by atoms with E-state index < -0.39 is 97.5 Å². The number of aryl methyl sites for hydroxylation is 1. The standard InChI is InChI=1S/C42H52F2O12/c1-8-9-10-11-16-51-39-34(43)21-33(22-35(39)44)31-14-15-36(32(20-31)13-12-17-52-40(49)27(2)3)53-23-42(26-56-41(50)28(4)5,24-54-37(47)18-29(6)45)25-55-38(48)19-30(7)46/h14-15,20-22H,2,4,8-13,16-19,23-26H2,1,3,5-7H3. The molecule has 2 aromatic rings. The van der Waals surface area contributed by atoms with Crippen molar-refractivity contribution in [2.24, 2.45) is 5.41 Å². The molecule has 0 heterocycles. The first-order valence-corrected chi connectivity index (χ1v) is 18.3. The number of carbonyl (C=O) groups excluding carboxylic acids is 6. The van der Waals surface area contributed by atoms with Gasteiger partial charge in [0.05, 0.1) is 13.2 Å². The molecule has 306 valence electrons. The normalized spacial score (nSPS) is 10.9. The number of hydrogen-bond donors (Lipinski definition) is 0. The topological polar surface area (TPSA) is 158 Å². The van der Waals surface area contributed by atoms with Gasteiger partial charge in [-0.1, -0.05) is 45.4 Å². The third-order valence-electron chi connectivity index (χ3n) is 8.07. The van der Waals surface area contributed by atoms with Crippen molar-refractivity contribution in [3.8, 4) is 22.6 Å². The molecule has 12 nitrogen and oxygen atoms in total. The van der Waals surface area contributed by atoms with E-state index in [0.29, 0.717) is 24.0 Å². The molecule has 0 unspecified atom stereocenters. The zero-order chi connectivity index (χ0) is 41.8. The quantitative estimate of drug-likeness (QED) is 0.0312. The van der Waals surface area contributed by atoms with Gasteiger partial charge in [-0.3, -0.25) is 19.2 Å². The van der Waals surface area contributed by atoms with E-state index >= 15 is 8.78 Å². The van der Waals surface area contributed by atoms with Crippen molar-refractivity contribution in [1.82, 2.24) is 0 Å². The van der Waals surface area contributed by atoms with Gasteiger partial charge in [0.15, 0.2) is 17.4 Å². The van der Waals surface area contributed by atoms with Crippen LogP contribution in [-0.4, -0.2) is 75.1 Å². The number of ether oxygens (including phenoxy) is 6. The minimum Gasteiger partial charge on any atom is -0.492 e. The number of ketones is 2. The van der Waals surface area contributed by atoms with E-state index in [4.69, 9.17) is 28.4 Å². The predicted molar refractivity (Wildman–Crippen MR) is 202 cm³/mol. The zero-order valence-electron chi connectivity index (χ0n) is 32.9. The molecule has 0 saturated heterocycles. The lowest BCUT2D eigenvalue weighted by atomic mass is 9.91. The molecule has 0 aliphatic heterocycles. The second kappa shape index (κ2) is 23.5. The van der Waals surface area contributed by atoms with Crippen LogP contribution in [0.1, 0.15) is 85.1 Å². The molecule has 56 heavy (non-hydrogen) atoms. The first-order valence-electron chi connectivity index (χ1n) is 18.3. The SMILES string of the molecule is C=C(C)C(=O)OCCCc1cc(-c2cc(F)c(OCCCCCC)c(F)c2)ccc1OCC(COC(=O)CC(C)=O)(COC(=O)CC(C)=O)COC(=O)C(=C)C. The van der Waals surface area contributed by atoms with Crippen molar-refractivity contribution in [1.29, 1.82) is 0 Å². The fraction of sp³-hybridized carbons (Fsp3) is 0.476. The van der Waals surface area contributed by atoms with Crippen molar-refractivity contribution >= 4 is 35.4 Å². The number of esters is 4. The van der Waals surface area contributed by atoms with Crippen LogP contribution >= 0.6 is 0 Å². The Morgan fingerprint density at radius 3 is 1.71 bits per heavy atom. The summed E-state index contributed by atoms with van der Waals surface area (Å²) in [4.78, 5) is 72.6. The molecule has 0 spiro atoms. The number of unbranched alkanes of at least 4 members (excludes halogenated alkanes) is 3. The van der Waals surface area contributed by atoms with Gasteiger partial charge in [-0.15, -0.1) is 0 Å². The maximum absolute atomic E-state index is 15.2. The summed E-state index contributed by atoms with van der Waals surface area (Å²) in [6, 6.07) is 7.04. The minimum atomic E-state index is -1.57. The lowest BCUT2D eigenvalue weighted by Gasteiger charge is -2.32. The fourth-order valence-electron chi connectivity index (χ4n) is 5.01. The highest BCUT2D eigenvalue weighted by Crippen LogP contribution is 2.34. The van der Waals surface area contributed by atoms with E-state index in [1.165, 1.54) is 33.8 Å². The van der Waals surface area contributed by atoms with Crippen LogP contribution in [0.25, 0.3) is 11.1 Å². The number of hydrogen-bond acceptors (Lipinski definition) is 12. The molecule has 14 heteroatoms. The maximum Gasteiger partial charge on any atom is 0.333 e.